The van der Waals surface area contributed by atoms with E-state index >= 15 is 0 Å². The molecule has 0 saturated heterocycles. The fourth-order valence-electron chi connectivity index (χ4n) is 1.87. The summed E-state index contributed by atoms with van der Waals surface area (Å²) < 4.78 is 5.17. The average molecular weight is 333 g/mol. The Morgan fingerprint density at radius 1 is 1.13 bits per heavy atom. The quantitative estimate of drug-likeness (QED) is 0.569. The Labute approximate surface area is 137 Å². The molecule has 0 heterocycles. The van der Waals surface area contributed by atoms with Gasteiger partial charge in [0.2, 0.25) is 0 Å². The van der Waals surface area contributed by atoms with Crippen molar-refractivity contribution in [2.75, 3.05) is 5.32 Å². The number of carbonyl (C=O) groups is 2. The van der Waals surface area contributed by atoms with Crippen LogP contribution in [0.15, 0.2) is 53.4 Å². The molecule has 1 amide bonds. The number of benzene rings is 2. The fraction of sp³-hybridized carbons (Fsp3) is 0.125. The van der Waals surface area contributed by atoms with Gasteiger partial charge in [0, 0.05) is 4.90 Å². The third-order valence-corrected chi connectivity index (χ3v) is 3.78. The molecule has 2 aromatic carbocycles. The topological polar surface area (TPSA) is 95.9 Å². The van der Waals surface area contributed by atoms with Crippen molar-refractivity contribution in [2.24, 2.45) is 0 Å². The molecular formula is C16H15NO5S. The zero-order valence-electron chi connectivity index (χ0n) is 12.2. The predicted molar refractivity (Wildman–Crippen MR) is 86.9 cm³/mol. The molecule has 0 aliphatic carbocycles. The van der Waals surface area contributed by atoms with Crippen LogP contribution in [0.1, 0.15) is 17.3 Å². The summed E-state index contributed by atoms with van der Waals surface area (Å²) in [6, 6.07) is 13.5. The highest BCUT2D eigenvalue weighted by molar-refractivity contribution is 7.99. The number of rotatable bonds is 5. The van der Waals surface area contributed by atoms with Gasteiger partial charge in [0.15, 0.2) is 5.44 Å². The van der Waals surface area contributed by atoms with Crippen LogP contribution in [0.2, 0.25) is 0 Å². The van der Waals surface area contributed by atoms with Crippen LogP contribution in [0, 0.1) is 0 Å². The van der Waals surface area contributed by atoms with Gasteiger partial charge in [0.1, 0.15) is 11.3 Å². The van der Waals surface area contributed by atoms with Crippen molar-refractivity contribution < 1.29 is 24.5 Å². The van der Waals surface area contributed by atoms with Crippen LogP contribution in [0.5, 0.6) is 5.75 Å². The second-order valence-electron chi connectivity index (χ2n) is 4.53. The lowest BCUT2D eigenvalue weighted by Crippen LogP contribution is -2.19. The molecule has 6 nitrogen and oxygen atoms in total. The van der Waals surface area contributed by atoms with Crippen molar-refractivity contribution in [3.63, 3.8) is 0 Å². The lowest BCUT2D eigenvalue weighted by Gasteiger charge is -2.14. The van der Waals surface area contributed by atoms with Gasteiger partial charge in [-0.1, -0.05) is 36.0 Å². The van der Waals surface area contributed by atoms with Gasteiger partial charge in [-0.25, -0.2) is 9.59 Å². The highest BCUT2D eigenvalue weighted by Gasteiger charge is 2.18. The fourth-order valence-corrected chi connectivity index (χ4v) is 2.71. The molecule has 0 fully saturated rings. The van der Waals surface area contributed by atoms with E-state index in [4.69, 9.17) is 9.84 Å². The van der Waals surface area contributed by atoms with Gasteiger partial charge in [0.05, 0.1) is 5.69 Å². The van der Waals surface area contributed by atoms with Crippen LogP contribution in [0.25, 0.3) is 0 Å². The number of carbonyl (C=O) groups excluding carboxylic acids is 1. The second kappa shape index (κ2) is 7.55. The summed E-state index contributed by atoms with van der Waals surface area (Å²) in [4.78, 5) is 24.0. The van der Waals surface area contributed by atoms with E-state index in [1.807, 2.05) is 30.3 Å². The van der Waals surface area contributed by atoms with Gasteiger partial charge >= 0.3 is 12.1 Å². The summed E-state index contributed by atoms with van der Waals surface area (Å²) in [5.74, 6) is -1.77. The lowest BCUT2D eigenvalue weighted by atomic mass is 10.1. The van der Waals surface area contributed by atoms with Crippen LogP contribution >= 0.6 is 11.8 Å². The Bertz CT molecular complexity index is 705. The molecule has 0 aliphatic heterocycles. The molecule has 0 aromatic heterocycles. The molecule has 3 N–H and O–H groups in total. The summed E-state index contributed by atoms with van der Waals surface area (Å²) in [6.07, 6.45) is -0.797. The molecule has 0 radical (unpaired) electrons. The molecule has 2 rings (SSSR count). The first-order valence-electron chi connectivity index (χ1n) is 6.72. The highest BCUT2D eigenvalue weighted by atomic mass is 32.2. The van der Waals surface area contributed by atoms with Crippen molar-refractivity contribution in [3.8, 4) is 5.75 Å². The zero-order chi connectivity index (χ0) is 16.8. The maximum atomic E-state index is 11.9. The Morgan fingerprint density at radius 2 is 1.83 bits per heavy atom. The van der Waals surface area contributed by atoms with E-state index in [0.717, 1.165) is 4.90 Å². The summed E-state index contributed by atoms with van der Waals surface area (Å²) in [7, 11) is 0. The molecule has 7 heteroatoms. The van der Waals surface area contributed by atoms with Crippen LogP contribution in [0.3, 0.4) is 0 Å². The first-order chi connectivity index (χ1) is 11.0. The minimum atomic E-state index is -1.34. The minimum absolute atomic E-state index is 0.0283. The molecule has 120 valence electrons. The summed E-state index contributed by atoms with van der Waals surface area (Å²) in [5, 5.41) is 21.0. The van der Waals surface area contributed by atoms with Gasteiger partial charge in [0.25, 0.3) is 0 Å². The van der Waals surface area contributed by atoms with Gasteiger partial charge < -0.3 is 14.9 Å². The Hall–Kier alpha value is -2.67. The first-order valence-corrected chi connectivity index (χ1v) is 7.60. The average Bonchev–Trinajstić information content (AvgIpc) is 2.47. The molecule has 0 aliphatic rings. The van der Waals surface area contributed by atoms with E-state index in [1.54, 1.807) is 6.92 Å². The van der Waals surface area contributed by atoms with E-state index in [0.29, 0.717) is 0 Å². The van der Waals surface area contributed by atoms with E-state index in [-0.39, 0.29) is 11.3 Å². The molecule has 0 spiro atoms. The van der Waals surface area contributed by atoms with Gasteiger partial charge in [-0.3, -0.25) is 5.32 Å². The van der Waals surface area contributed by atoms with Crippen molar-refractivity contribution in [2.45, 2.75) is 17.3 Å². The van der Waals surface area contributed by atoms with Crippen LogP contribution < -0.4 is 5.32 Å². The number of aromatic hydroxyl groups is 1. The molecule has 2 aromatic rings. The second-order valence-corrected chi connectivity index (χ2v) is 5.90. The number of anilines is 1. The number of carboxylic acids is 1. The summed E-state index contributed by atoms with van der Waals surface area (Å²) in [6.45, 7) is 1.71. The third kappa shape index (κ3) is 4.65. The summed E-state index contributed by atoms with van der Waals surface area (Å²) in [5.41, 5.74) is -0.879. The number of nitrogens with one attached hydrogen (secondary N) is 1. The molecule has 0 saturated carbocycles. The van der Waals surface area contributed by atoms with Crippen molar-refractivity contribution >= 4 is 29.5 Å². The number of aromatic carboxylic acids is 1. The first kappa shape index (κ1) is 16.7. The maximum Gasteiger partial charge on any atom is 0.412 e. The minimum Gasteiger partial charge on any atom is -0.507 e. The highest BCUT2D eigenvalue weighted by Crippen LogP contribution is 2.27. The number of hydrogen-bond donors (Lipinski definition) is 3. The third-order valence-electron chi connectivity index (χ3n) is 2.81. The van der Waals surface area contributed by atoms with E-state index in [1.165, 1.54) is 30.0 Å². The van der Waals surface area contributed by atoms with Gasteiger partial charge in [-0.2, -0.15) is 0 Å². The number of carboxylic acid groups (broad SMARTS) is 1. The largest absolute Gasteiger partial charge is 0.507 e. The van der Waals surface area contributed by atoms with Crippen molar-refractivity contribution in [3.05, 3.63) is 54.1 Å². The Morgan fingerprint density at radius 3 is 2.48 bits per heavy atom. The predicted octanol–water partition coefficient (Wildman–Crippen LogP) is 3.78. The molecule has 1 unspecified atom stereocenters. The molecule has 0 bridgehead atoms. The van der Waals surface area contributed by atoms with Crippen LogP contribution in [-0.4, -0.2) is 27.7 Å². The Kier molecular flexibility index (Phi) is 5.48. The van der Waals surface area contributed by atoms with Crippen molar-refractivity contribution in [1.82, 2.24) is 0 Å². The molecule has 1 atom stereocenters. The normalized spacial score (nSPS) is 11.5. The molecular weight excluding hydrogens is 318 g/mol. The molecule has 23 heavy (non-hydrogen) atoms. The van der Waals surface area contributed by atoms with Crippen LogP contribution in [-0.2, 0) is 4.74 Å². The zero-order valence-corrected chi connectivity index (χ0v) is 13.0. The number of ether oxygens (including phenoxy) is 1. The number of phenols is 1. The monoisotopic (exact) mass is 333 g/mol. The number of thioether (sulfide) groups is 1. The smallest absolute Gasteiger partial charge is 0.412 e. The van der Waals surface area contributed by atoms with E-state index in [2.05, 4.69) is 5.32 Å². The van der Waals surface area contributed by atoms with Crippen LogP contribution in [0.4, 0.5) is 10.5 Å². The van der Waals surface area contributed by atoms with Gasteiger partial charge in [-0.05, 0) is 31.2 Å². The summed E-state index contributed by atoms with van der Waals surface area (Å²) >= 11 is 1.35. The lowest BCUT2D eigenvalue weighted by molar-refractivity contribution is 0.0695. The Balaban J connectivity index is 2.00. The maximum absolute atomic E-state index is 11.9. The van der Waals surface area contributed by atoms with E-state index in [9.17, 15) is 14.7 Å². The SMILES string of the molecule is CC(OC(=O)Nc1cccc(O)c1C(=O)O)Sc1ccccc1. The van der Waals surface area contributed by atoms with E-state index < -0.39 is 23.2 Å². The standard InChI is InChI=1S/C16H15NO5S/c1-10(23-11-6-3-2-4-7-11)22-16(21)17-12-8-5-9-13(18)14(12)15(19)20/h2-10,18H,1H3,(H,17,21)(H,19,20). The van der Waals surface area contributed by atoms with Gasteiger partial charge in [-0.15, -0.1) is 0 Å². The number of hydrogen-bond acceptors (Lipinski definition) is 5. The number of amides is 1. The van der Waals surface area contributed by atoms with Crippen molar-refractivity contribution in [1.29, 1.82) is 0 Å².